The van der Waals surface area contributed by atoms with Gasteiger partial charge in [0.25, 0.3) is 0 Å². The molecule has 0 fully saturated rings. The summed E-state index contributed by atoms with van der Waals surface area (Å²) in [6.45, 7) is 3.58. The molecule has 0 heterocycles. The second-order valence-electron chi connectivity index (χ2n) is 7.85. The average Bonchev–Trinajstić information content (AvgIpc) is 2.77. The molecule has 0 saturated heterocycles. The van der Waals surface area contributed by atoms with Gasteiger partial charge in [0.1, 0.15) is 11.9 Å². The van der Waals surface area contributed by atoms with Crippen molar-refractivity contribution in [1.29, 1.82) is 0 Å². The van der Waals surface area contributed by atoms with Gasteiger partial charge in [0.05, 0.1) is 0 Å². The van der Waals surface area contributed by atoms with E-state index in [9.17, 15) is 14.7 Å². The lowest BCUT2D eigenvalue weighted by atomic mass is 9.80. The number of anilines is 1. The number of amides is 1. The van der Waals surface area contributed by atoms with Gasteiger partial charge in [-0.05, 0) is 42.0 Å². The van der Waals surface area contributed by atoms with Crippen molar-refractivity contribution in [2.24, 2.45) is 5.41 Å². The van der Waals surface area contributed by atoms with Gasteiger partial charge in [0, 0.05) is 33.0 Å². The van der Waals surface area contributed by atoms with Crippen LogP contribution in [-0.4, -0.2) is 28.5 Å². The molecule has 0 spiro atoms. The van der Waals surface area contributed by atoms with E-state index in [2.05, 4.69) is 5.32 Å². The summed E-state index contributed by atoms with van der Waals surface area (Å²) >= 11 is 1.60. The summed E-state index contributed by atoms with van der Waals surface area (Å²) in [6, 6.07) is 17.8. The summed E-state index contributed by atoms with van der Waals surface area (Å²) in [7, 11) is 0. The highest BCUT2D eigenvalue weighted by Gasteiger charge is 2.34. The van der Waals surface area contributed by atoms with Crippen LogP contribution in [0.15, 0.2) is 77.7 Å². The molecule has 0 aliphatic carbocycles. The van der Waals surface area contributed by atoms with Crippen molar-refractivity contribution in [3.63, 3.8) is 0 Å². The van der Waals surface area contributed by atoms with E-state index in [0.29, 0.717) is 22.0 Å². The van der Waals surface area contributed by atoms with E-state index in [-0.39, 0.29) is 5.75 Å². The van der Waals surface area contributed by atoms with Gasteiger partial charge in [-0.15, -0.1) is 11.8 Å². The van der Waals surface area contributed by atoms with E-state index in [1.807, 2.05) is 36.6 Å². The Bertz CT molecular complexity index is 1150. The van der Waals surface area contributed by atoms with Crippen molar-refractivity contribution in [2.45, 2.75) is 24.8 Å². The van der Waals surface area contributed by atoms with Gasteiger partial charge in [-0.2, -0.15) is 0 Å². The predicted octanol–water partition coefficient (Wildman–Crippen LogP) is 6.22. The molecule has 3 aromatic carbocycles. The number of carbonyl (C=O) groups is 2. The van der Waals surface area contributed by atoms with Crippen molar-refractivity contribution in [1.82, 2.24) is 0 Å². The van der Waals surface area contributed by atoms with Crippen LogP contribution >= 0.6 is 11.8 Å². The lowest BCUT2D eigenvalue weighted by molar-refractivity contribution is -0.131. The largest absolute Gasteiger partial charge is 0.507 e. The van der Waals surface area contributed by atoms with E-state index in [4.69, 9.17) is 9.84 Å². The number of rotatable bonds is 7. The highest BCUT2D eigenvalue weighted by Crippen LogP contribution is 2.42. The molecule has 0 aromatic heterocycles. The highest BCUT2D eigenvalue weighted by molar-refractivity contribution is 7.98. The molecule has 6 nitrogen and oxygen atoms in total. The average molecular weight is 452 g/mol. The van der Waals surface area contributed by atoms with Gasteiger partial charge in [-0.1, -0.05) is 50.3 Å². The van der Waals surface area contributed by atoms with Crippen molar-refractivity contribution >= 4 is 40.3 Å². The maximum atomic E-state index is 12.8. The summed E-state index contributed by atoms with van der Waals surface area (Å²) in [5.41, 5.74) is 0.380. The number of hydrogen-bond acceptors (Lipinski definition) is 5. The summed E-state index contributed by atoms with van der Waals surface area (Å²) in [5, 5.41) is 23.4. The number of carboxylic acids is 1. The number of aliphatic carboxylic acids is 1. The third kappa shape index (κ3) is 5.42. The van der Waals surface area contributed by atoms with Crippen LogP contribution in [-0.2, 0) is 9.53 Å². The maximum absolute atomic E-state index is 12.8. The van der Waals surface area contributed by atoms with Crippen LogP contribution in [0.2, 0.25) is 0 Å². The van der Waals surface area contributed by atoms with Gasteiger partial charge < -0.3 is 14.9 Å². The van der Waals surface area contributed by atoms with Crippen molar-refractivity contribution in [3.05, 3.63) is 78.4 Å². The number of nitrogens with one attached hydrogen (secondary N) is 1. The summed E-state index contributed by atoms with van der Waals surface area (Å²) < 4.78 is 5.86. The Hall–Kier alpha value is -3.45. The predicted molar refractivity (Wildman–Crippen MR) is 127 cm³/mol. The minimum atomic E-state index is -1.09. The van der Waals surface area contributed by atoms with Crippen molar-refractivity contribution in [2.75, 3.05) is 11.6 Å². The number of phenols is 1. The van der Waals surface area contributed by atoms with Crippen LogP contribution < -0.4 is 5.32 Å². The molecule has 1 amide bonds. The molecular formula is C25H25NO5S. The molecule has 0 radical (unpaired) electrons. The number of carbonyl (C=O) groups excluding carboxylic acids is 1. The highest BCUT2D eigenvalue weighted by atomic mass is 32.2. The Balaban J connectivity index is 1.99. The first-order valence-corrected chi connectivity index (χ1v) is 11.2. The number of aromatic hydroxyl groups is 1. The summed E-state index contributed by atoms with van der Waals surface area (Å²) in [5.74, 6) is -0.981. The Kier molecular flexibility index (Phi) is 7.10. The van der Waals surface area contributed by atoms with E-state index in [1.165, 1.54) is 6.08 Å². The fourth-order valence-electron chi connectivity index (χ4n) is 3.45. The molecule has 3 aromatic rings. The standard InChI is InChI=1S/C25H25NO5S/c1-25(2,15-14-22(28)29)23(20-12-13-21(27)19-7-5-4-6-18(19)20)31-24(30)26-16-8-10-17(32-3)11-9-16/h4-15,23,27H,1-3H3,(H,26,30)(H,28,29)/b15-14+/t23-/m0/s1. The molecule has 0 aliphatic rings. The number of ether oxygens (including phenoxy) is 1. The Labute approximate surface area is 190 Å². The van der Waals surface area contributed by atoms with Crippen LogP contribution in [0, 0.1) is 5.41 Å². The monoisotopic (exact) mass is 451 g/mol. The van der Waals surface area contributed by atoms with Crippen LogP contribution in [0.3, 0.4) is 0 Å². The molecule has 0 unspecified atom stereocenters. The van der Waals surface area contributed by atoms with Crippen molar-refractivity contribution in [3.8, 4) is 5.75 Å². The van der Waals surface area contributed by atoms with Gasteiger partial charge >= 0.3 is 12.1 Å². The van der Waals surface area contributed by atoms with E-state index in [0.717, 1.165) is 11.0 Å². The molecule has 1 atom stereocenters. The third-order valence-corrected chi connectivity index (χ3v) is 5.85. The maximum Gasteiger partial charge on any atom is 0.412 e. The first-order valence-electron chi connectivity index (χ1n) is 9.96. The quantitative estimate of drug-likeness (QED) is 0.291. The SMILES string of the molecule is CSc1ccc(NC(=O)O[C@@H](c2ccc(O)c3ccccc23)C(C)(C)/C=C/C(=O)O)cc1. The normalized spacial score (nSPS) is 12.6. The number of hydrogen-bond donors (Lipinski definition) is 3. The molecule has 0 bridgehead atoms. The number of carboxylic acid groups (broad SMARTS) is 1. The number of benzene rings is 3. The molecule has 3 rings (SSSR count). The zero-order chi connectivity index (χ0) is 23.3. The lowest BCUT2D eigenvalue weighted by Gasteiger charge is -2.32. The molecule has 0 aliphatic heterocycles. The van der Waals surface area contributed by atoms with Crippen LogP contribution in [0.1, 0.15) is 25.5 Å². The summed E-state index contributed by atoms with van der Waals surface area (Å²) in [4.78, 5) is 25.0. The van der Waals surface area contributed by atoms with Gasteiger partial charge in [0.2, 0.25) is 0 Å². The smallest absolute Gasteiger partial charge is 0.412 e. The number of fused-ring (bicyclic) bond motifs is 1. The molecule has 0 saturated carbocycles. The van der Waals surface area contributed by atoms with E-state index in [1.54, 1.807) is 55.9 Å². The third-order valence-electron chi connectivity index (χ3n) is 5.11. The zero-order valence-corrected chi connectivity index (χ0v) is 18.8. The van der Waals surface area contributed by atoms with Crippen LogP contribution in [0.25, 0.3) is 10.8 Å². The Morgan fingerprint density at radius 3 is 2.31 bits per heavy atom. The Morgan fingerprint density at radius 1 is 1.03 bits per heavy atom. The van der Waals surface area contributed by atoms with Crippen molar-refractivity contribution < 1.29 is 24.5 Å². The van der Waals surface area contributed by atoms with Gasteiger partial charge in [0.15, 0.2) is 0 Å². The first-order chi connectivity index (χ1) is 15.2. The minimum absolute atomic E-state index is 0.111. The van der Waals surface area contributed by atoms with Crippen LogP contribution in [0.4, 0.5) is 10.5 Å². The fraction of sp³-hybridized carbons (Fsp3) is 0.200. The molecule has 7 heteroatoms. The van der Waals surface area contributed by atoms with Crippen LogP contribution in [0.5, 0.6) is 5.75 Å². The van der Waals surface area contributed by atoms with Gasteiger partial charge in [-0.25, -0.2) is 9.59 Å². The molecule has 3 N–H and O–H groups in total. The minimum Gasteiger partial charge on any atom is -0.507 e. The number of phenolic OH excluding ortho intramolecular Hbond substituents is 1. The molecular weight excluding hydrogens is 426 g/mol. The molecule has 166 valence electrons. The second-order valence-corrected chi connectivity index (χ2v) is 8.73. The van der Waals surface area contributed by atoms with E-state index < -0.39 is 23.6 Å². The first kappa shape index (κ1) is 23.2. The fourth-order valence-corrected chi connectivity index (χ4v) is 3.86. The molecule has 32 heavy (non-hydrogen) atoms. The number of thioether (sulfide) groups is 1. The van der Waals surface area contributed by atoms with E-state index >= 15 is 0 Å². The lowest BCUT2D eigenvalue weighted by Crippen LogP contribution is -2.28. The van der Waals surface area contributed by atoms with Gasteiger partial charge in [-0.3, -0.25) is 5.32 Å². The second kappa shape index (κ2) is 9.78. The topological polar surface area (TPSA) is 95.9 Å². The Morgan fingerprint density at radius 2 is 1.69 bits per heavy atom. The summed E-state index contributed by atoms with van der Waals surface area (Å²) in [6.07, 6.45) is 3.02. The zero-order valence-electron chi connectivity index (χ0n) is 18.0.